The van der Waals surface area contributed by atoms with Crippen molar-refractivity contribution < 1.29 is 9.47 Å². The van der Waals surface area contributed by atoms with E-state index >= 15 is 0 Å². The molecule has 0 amide bonds. The Hall–Kier alpha value is -0.870. The van der Waals surface area contributed by atoms with Crippen molar-refractivity contribution in [2.45, 2.75) is 33.3 Å². The molecule has 0 saturated heterocycles. The second-order valence-corrected chi connectivity index (χ2v) is 4.76. The van der Waals surface area contributed by atoms with Crippen LogP contribution in [-0.4, -0.2) is 28.8 Å². The Morgan fingerprint density at radius 3 is 2.50 bits per heavy atom. The van der Waals surface area contributed by atoms with E-state index in [1.807, 2.05) is 27.7 Å². The number of hydrogen-bond donors (Lipinski definition) is 0. The lowest BCUT2D eigenvalue weighted by atomic mass is 10.2. The number of aryl methyl sites for hydroxylation is 1. The van der Waals surface area contributed by atoms with Crippen molar-refractivity contribution in [2.75, 3.05) is 13.2 Å². The summed E-state index contributed by atoms with van der Waals surface area (Å²) in [6.45, 7) is 8.80. The zero-order valence-electron chi connectivity index (χ0n) is 10.1. The number of aromatic nitrogens is 2. The Morgan fingerprint density at radius 1 is 1.25 bits per heavy atom. The molecule has 0 aliphatic rings. The van der Waals surface area contributed by atoms with Crippen LogP contribution in [0.4, 0.5) is 0 Å². The van der Waals surface area contributed by atoms with E-state index in [0.717, 1.165) is 5.69 Å². The highest BCUT2D eigenvalue weighted by molar-refractivity contribution is 6.28. The van der Waals surface area contributed by atoms with Gasteiger partial charge in [0.25, 0.3) is 0 Å². The maximum absolute atomic E-state index is 5.70. The number of hydrogen-bond acceptors (Lipinski definition) is 4. The number of rotatable bonds is 4. The fourth-order valence-electron chi connectivity index (χ4n) is 1.07. The highest BCUT2D eigenvalue weighted by atomic mass is 35.5. The normalized spacial score (nSPS) is 11.6. The third-order valence-corrected chi connectivity index (χ3v) is 1.84. The molecule has 1 heterocycles. The number of nitrogens with zero attached hydrogens (tertiary/aromatic N) is 2. The lowest BCUT2D eigenvalue weighted by Crippen LogP contribution is -2.22. The number of ether oxygens (including phenoxy) is 2. The van der Waals surface area contributed by atoms with Crippen LogP contribution in [0.25, 0.3) is 0 Å². The molecule has 0 aliphatic carbocycles. The van der Waals surface area contributed by atoms with Crippen LogP contribution in [0.5, 0.6) is 5.88 Å². The van der Waals surface area contributed by atoms with Gasteiger partial charge in [-0.05, 0) is 39.3 Å². The standard InChI is InChI=1S/C11H17ClN2O2/c1-8-7-9(14-10(12)13-8)15-5-6-16-11(2,3)4/h7H,5-6H2,1-4H3. The maximum Gasteiger partial charge on any atom is 0.225 e. The van der Waals surface area contributed by atoms with Crippen molar-refractivity contribution in [3.63, 3.8) is 0 Å². The van der Waals surface area contributed by atoms with Crippen LogP contribution in [-0.2, 0) is 4.74 Å². The minimum Gasteiger partial charge on any atom is -0.475 e. The van der Waals surface area contributed by atoms with E-state index in [0.29, 0.717) is 19.1 Å². The summed E-state index contributed by atoms with van der Waals surface area (Å²) in [4.78, 5) is 7.89. The average Bonchev–Trinajstić information content (AvgIpc) is 2.09. The molecule has 0 fully saturated rings. The van der Waals surface area contributed by atoms with E-state index in [-0.39, 0.29) is 10.9 Å². The fraction of sp³-hybridized carbons (Fsp3) is 0.636. The summed E-state index contributed by atoms with van der Waals surface area (Å²) >= 11 is 5.70. The Kier molecular flexibility index (Phi) is 4.50. The minimum absolute atomic E-state index is 0.150. The van der Waals surface area contributed by atoms with Crippen LogP contribution < -0.4 is 4.74 Å². The van der Waals surface area contributed by atoms with E-state index in [4.69, 9.17) is 21.1 Å². The predicted octanol–water partition coefficient (Wildman–Crippen LogP) is 2.63. The summed E-state index contributed by atoms with van der Waals surface area (Å²) < 4.78 is 10.9. The lowest BCUT2D eigenvalue weighted by molar-refractivity contribution is -0.0168. The molecule has 1 aromatic rings. The molecule has 0 N–H and O–H groups in total. The van der Waals surface area contributed by atoms with Gasteiger partial charge in [0.05, 0.1) is 12.2 Å². The predicted molar refractivity (Wildman–Crippen MR) is 63.0 cm³/mol. The first-order chi connectivity index (χ1) is 7.37. The van der Waals surface area contributed by atoms with Gasteiger partial charge < -0.3 is 9.47 Å². The highest BCUT2D eigenvalue weighted by Crippen LogP contribution is 2.12. The summed E-state index contributed by atoms with van der Waals surface area (Å²) in [7, 11) is 0. The van der Waals surface area contributed by atoms with Crippen molar-refractivity contribution in [3.8, 4) is 5.88 Å². The summed E-state index contributed by atoms with van der Waals surface area (Å²) in [6.07, 6.45) is 0. The quantitative estimate of drug-likeness (QED) is 0.603. The molecular weight excluding hydrogens is 228 g/mol. The Morgan fingerprint density at radius 2 is 1.94 bits per heavy atom. The van der Waals surface area contributed by atoms with Gasteiger partial charge in [-0.15, -0.1) is 0 Å². The summed E-state index contributed by atoms with van der Waals surface area (Å²) in [5, 5.41) is 0.201. The molecule has 90 valence electrons. The van der Waals surface area contributed by atoms with Gasteiger partial charge >= 0.3 is 0 Å². The van der Waals surface area contributed by atoms with Crippen molar-refractivity contribution in [1.82, 2.24) is 9.97 Å². The lowest BCUT2D eigenvalue weighted by Gasteiger charge is -2.19. The molecule has 4 nitrogen and oxygen atoms in total. The second kappa shape index (κ2) is 5.46. The first-order valence-electron chi connectivity index (χ1n) is 5.15. The van der Waals surface area contributed by atoms with Gasteiger partial charge in [0, 0.05) is 11.8 Å². The van der Waals surface area contributed by atoms with Gasteiger partial charge in [-0.2, -0.15) is 4.98 Å². The molecule has 0 bridgehead atoms. The molecule has 1 aromatic heterocycles. The van der Waals surface area contributed by atoms with Crippen LogP contribution >= 0.6 is 11.6 Å². The summed E-state index contributed by atoms with van der Waals surface area (Å²) in [5.41, 5.74) is 0.634. The number of halogens is 1. The van der Waals surface area contributed by atoms with Gasteiger partial charge in [0.15, 0.2) is 0 Å². The molecule has 0 unspecified atom stereocenters. The van der Waals surface area contributed by atoms with Crippen LogP contribution in [0.3, 0.4) is 0 Å². The monoisotopic (exact) mass is 244 g/mol. The molecule has 0 radical (unpaired) electrons. The van der Waals surface area contributed by atoms with Gasteiger partial charge in [0.1, 0.15) is 6.61 Å². The van der Waals surface area contributed by atoms with Crippen LogP contribution in [0, 0.1) is 6.92 Å². The van der Waals surface area contributed by atoms with Crippen molar-refractivity contribution in [1.29, 1.82) is 0 Å². The van der Waals surface area contributed by atoms with Crippen molar-refractivity contribution >= 4 is 11.6 Å². The van der Waals surface area contributed by atoms with Gasteiger partial charge in [0.2, 0.25) is 11.2 Å². The molecule has 16 heavy (non-hydrogen) atoms. The van der Waals surface area contributed by atoms with Gasteiger partial charge in [-0.3, -0.25) is 0 Å². The third-order valence-electron chi connectivity index (χ3n) is 1.67. The maximum atomic E-state index is 5.70. The summed E-state index contributed by atoms with van der Waals surface area (Å²) in [5.74, 6) is 0.481. The van der Waals surface area contributed by atoms with Gasteiger partial charge in [-0.25, -0.2) is 4.98 Å². The van der Waals surface area contributed by atoms with E-state index in [2.05, 4.69) is 9.97 Å². The second-order valence-electron chi connectivity index (χ2n) is 4.43. The SMILES string of the molecule is Cc1cc(OCCOC(C)(C)C)nc(Cl)n1. The molecule has 0 aromatic carbocycles. The van der Waals surface area contributed by atoms with Crippen LogP contribution in [0.2, 0.25) is 5.28 Å². The van der Waals surface area contributed by atoms with E-state index in [9.17, 15) is 0 Å². The Balaban J connectivity index is 2.37. The highest BCUT2D eigenvalue weighted by Gasteiger charge is 2.09. The Labute approximate surface area is 101 Å². The third kappa shape index (κ3) is 5.28. The van der Waals surface area contributed by atoms with Crippen molar-refractivity contribution in [3.05, 3.63) is 17.0 Å². The van der Waals surface area contributed by atoms with Crippen LogP contribution in [0.15, 0.2) is 6.07 Å². The van der Waals surface area contributed by atoms with E-state index in [1.54, 1.807) is 6.07 Å². The van der Waals surface area contributed by atoms with Crippen LogP contribution in [0.1, 0.15) is 26.5 Å². The zero-order valence-corrected chi connectivity index (χ0v) is 10.8. The summed E-state index contributed by atoms with van der Waals surface area (Å²) in [6, 6.07) is 1.74. The van der Waals surface area contributed by atoms with E-state index in [1.165, 1.54) is 0 Å². The average molecular weight is 245 g/mol. The topological polar surface area (TPSA) is 44.2 Å². The minimum atomic E-state index is -0.150. The van der Waals surface area contributed by atoms with Gasteiger partial charge in [-0.1, -0.05) is 0 Å². The van der Waals surface area contributed by atoms with E-state index < -0.39 is 0 Å². The smallest absolute Gasteiger partial charge is 0.225 e. The molecule has 0 spiro atoms. The first kappa shape index (κ1) is 13.2. The molecule has 5 heteroatoms. The van der Waals surface area contributed by atoms with Crippen molar-refractivity contribution in [2.24, 2.45) is 0 Å². The molecular formula is C11H17ClN2O2. The first-order valence-corrected chi connectivity index (χ1v) is 5.52. The largest absolute Gasteiger partial charge is 0.475 e. The zero-order chi connectivity index (χ0) is 12.2. The fourth-order valence-corrected chi connectivity index (χ4v) is 1.29. The molecule has 0 atom stereocenters. The molecule has 1 rings (SSSR count). The molecule has 0 saturated carbocycles. The molecule has 0 aliphatic heterocycles. The Bertz CT molecular complexity index is 330.